The van der Waals surface area contributed by atoms with Gasteiger partial charge in [-0.3, -0.25) is 9.59 Å². The molecule has 2 fully saturated rings. The number of fused-ring (bicyclic) bond motifs is 3. The first-order valence-electron chi connectivity index (χ1n) is 10.2. The zero-order chi connectivity index (χ0) is 19.1. The van der Waals surface area contributed by atoms with Gasteiger partial charge in [0.15, 0.2) is 0 Å². The molecule has 5 nitrogen and oxygen atoms in total. The summed E-state index contributed by atoms with van der Waals surface area (Å²) in [6, 6.07) is 14.8. The monoisotopic (exact) mass is 411 g/mol. The van der Waals surface area contributed by atoms with Crippen LogP contribution < -0.4 is 10.2 Å². The van der Waals surface area contributed by atoms with Gasteiger partial charge in [-0.1, -0.05) is 30.3 Å². The minimum atomic E-state index is -0.226. The second kappa shape index (κ2) is 8.17. The lowest BCUT2D eigenvalue weighted by Gasteiger charge is -2.23. The van der Waals surface area contributed by atoms with Gasteiger partial charge >= 0.3 is 0 Å². The molecule has 2 amide bonds. The van der Waals surface area contributed by atoms with Crippen molar-refractivity contribution in [1.29, 1.82) is 0 Å². The fourth-order valence-electron chi connectivity index (χ4n) is 4.75. The summed E-state index contributed by atoms with van der Waals surface area (Å²) in [5.41, 5.74) is 6.07. The van der Waals surface area contributed by atoms with Gasteiger partial charge in [0.1, 0.15) is 0 Å². The van der Waals surface area contributed by atoms with E-state index in [1.165, 1.54) is 22.3 Å². The lowest BCUT2D eigenvalue weighted by molar-refractivity contribution is -0.135. The van der Waals surface area contributed by atoms with Crippen molar-refractivity contribution in [1.82, 2.24) is 10.2 Å². The molecule has 6 heteroatoms. The first-order valence-corrected chi connectivity index (χ1v) is 10.2. The number of benzene rings is 2. The fraction of sp³-hybridized carbons (Fsp3) is 0.391. The molecule has 0 saturated carbocycles. The third kappa shape index (κ3) is 3.65. The maximum atomic E-state index is 12.9. The van der Waals surface area contributed by atoms with Crippen molar-refractivity contribution in [3.8, 4) is 11.1 Å². The Labute approximate surface area is 177 Å². The van der Waals surface area contributed by atoms with Gasteiger partial charge in [-0.2, -0.15) is 0 Å². The maximum Gasteiger partial charge on any atom is 0.228 e. The van der Waals surface area contributed by atoms with Crippen molar-refractivity contribution < 1.29 is 9.59 Å². The molecule has 2 heterocycles. The number of hydrogen-bond acceptors (Lipinski definition) is 3. The minimum absolute atomic E-state index is 0. The summed E-state index contributed by atoms with van der Waals surface area (Å²) in [5.74, 6) is -0.0362. The number of carbonyl (C=O) groups excluding carboxylic acids is 2. The van der Waals surface area contributed by atoms with Gasteiger partial charge in [0.05, 0.1) is 5.92 Å². The van der Waals surface area contributed by atoms with Gasteiger partial charge in [0.2, 0.25) is 11.8 Å². The highest BCUT2D eigenvalue weighted by Crippen LogP contribution is 2.39. The van der Waals surface area contributed by atoms with Crippen molar-refractivity contribution in [3.63, 3.8) is 0 Å². The molecule has 0 spiro atoms. The molecule has 0 aromatic heterocycles. The average Bonchev–Trinajstić information content (AvgIpc) is 3.15. The summed E-state index contributed by atoms with van der Waals surface area (Å²) in [6.45, 7) is 3.81. The first kappa shape index (κ1) is 19.9. The molecule has 0 bridgehead atoms. The van der Waals surface area contributed by atoms with E-state index < -0.39 is 0 Å². The molecule has 152 valence electrons. The minimum Gasteiger partial charge on any atom is -0.341 e. The molecule has 1 aliphatic carbocycles. The number of carbonyl (C=O) groups is 2. The molecule has 2 saturated heterocycles. The first-order chi connectivity index (χ1) is 13.7. The lowest BCUT2D eigenvalue weighted by atomic mass is 10.1. The van der Waals surface area contributed by atoms with Crippen molar-refractivity contribution in [2.24, 2.45) is 5.92 Å². The third-order valence-electron chi connectivity index (χ3n) is 6.21. The Hall–Kier alpha value is -2.37. The second-order valence-corrected chi connectivity index (χ2v) is 8.01. The van der Waals surface area contributed by atoms with E-state index in [0.29, 0.717) is 13.0 Å². The summed E-state index contributed by atoms with van der Waals surface area (Å²) in [6.07, 6.45) is 2.20. The van der Waals surface area contributed by atoms with Crippen LogP contribution in [0.25, 0.3) is 11.1 Å². The number of hydrogen-bond donors (Lipinski definition) is 1. The van der Waals surface area contributed by atoms with Crippen molar-refractivity contribution in [2.75, 3.05) is 37.6 Å². The van der Waals surface area contributed by atoms with E-state index in [2.05, 4.69) is 41.7 Å². The predicted octanol–water partition coefficient (Wildman–Crippen LogP) is 2.85. The van der Waals surface area contributed by atoms with Crippen molar-refractivity contribution >= 4 is 29.9 Å². The summed E-state index contributed by atoms with van der Waals surface area (Å²) in [5, 5.41) is 3.33. The van der Waals surface area contributed by atoms with Crippen LogP contribution in [0.4, 0.5) is 5.69 Å². The van der Waals surface area contributed by atoms with E-state index in [1.54, 1.807) is 0 Å². The summed E-state index contributed by atoms with van der Waals surface area (Å²) >= 11 is 0. The van der Waals surface area contributed by atoms with Gasteiger partial charge in [-0.25, -0.2) is 0 Å². The van der Waals surface area contributed by atoms with E-state index in [4.69, 9.17) is 0 Å². The Balaban J connectivity index is 0.00000205. The van der Waals surface area contributed by atoms with E-state index in [9.17, 15) is 9.59 Å². The number of nitrogens with zero attached hydrogens (tertiary/aromatic N) is 2. The Bertz CT molecular complexity index is 937. The van der Waals surface area contributed by atoms with E-state index in [1.807, 2.05) is 15.9 Å². The Morgan fingerprint density at radius 1 is 1.00 bits per heavy atom. The van der Waals surface area contributed by atoms with E-state index in [-0.39, 0.29) is 30.1 Å². The number of halogens is 1. The summed E-state index contributed by atoms with van der Waals surface area (Å²) in [4.78, 5) is 29.4. The summed E-state index contributed by atoms with van der Waals surface area (Å²) < 4.78 is 0. The number of rotatable bonds is 2. The Morgan fingerprint density at radius 2 is 1.83 bits per heavy atom. The van der Waals surface area contributed by atoms with Gasteiger partial charge in [0.25, 0.3) is 0 Å². The number of anilines is 1. The highest BCUT2D eigenvalue weighted by atomic mass is 35.5. The topological polar surface area (TPSA) is 52.7 Å². The van der Waals surface area contributed by atoms with Crippen molar-refractivity contribution in [2.45, 2.75) is 19.3 Å². The fourth-order valence-corrected chi connectivity index (χ4v) is 4.75. The second-order valence-electron chi connectivity index (χ2n) is 8.01. The van der Waals surface area contributed by atoms with Crippen molar-refractivity contribution in [3.05, 3.63) is 53.6 Å². The molecule has 2 aliphatic heterocycles. The zero-order valence-electron chi connectivity index (χ0n) is 16.4. The molecule has 0 radical (unpaired) electrons. The smallest absolute Gasteiger partial charge is 0.228 e. The quantitative estimate of drug-likeness (QED) is 0.705. The molecule has 1 N–H and O–H groups in total. The van der Waals surface area contributed by atoms with Crippen LogP contribution in [0.3, 0.4) is 0 Å². The molecular weight excluding hydrogens is 386 g/mol. The van der Waals surface area contributed by atoms with Crippen LogP contribution in [0.1, 0.15) is 24.0 Å². The Morgan fingerprint density at radius 3 is 2.72 bits per heavy atom. The van der Waals surface area contributed by atoms with Crippen LogP contribution in [0.15, 0.2) is 42.5 Å². The van der Waals surface area contributed by atoms with E-state index >= 15 is 0 Å². The van der Waals surface area contributed by atoms with E-state index in [0.717, 1.165) is 44.7 Å². The molecule has 1 atom stereocenters. The Kier molecular flexibility index (Phi) is 5.61. The van der Waals surface area contributed by atoms with Gasteiger partial charge in [-0.05, 0) is 53.8 Å². The largest absolute Gasteiger partial charge is 0.341 e. The highest BCUT2D eigenvalue weighted by Gasteiger charge is 2.37. The molecular formula is C23H26ClN3O2. The molecule has 5 rings (SSSR count). The van der Waals surface area contributed by atoms with Gasteiger partial charge in [-0.15, -0.1) is 12.4 Å². The number of nitrogens with one attached hydrogen (secondary N) is 1. The zero-order valence-corrected chi connectivity index (χ0v) is 17.2. The van der Waals surface area contributed by atoms with Crippen LogP contribution >= 0.6 is 12.4 Å². The van der Waals surface area contributed by atoms with Crippen LogP contribution in [0.5, 0.6) is 0 Å². The lowest BCUT2D eigenvalue weighted by Crippen LogP contribution is -2.39. The van der Waals surface area contributed by atoms with Gasteiger partial charge in [0, 0.05) is 38.3 Å². The van der Waals surface area contributed by atoms with Gasteiger partial charge < -0.3 is 15.1 Å². The van der Waals surface area contributed by atoms with Crippen LogP contribution in [0, 0.1) is 5.92 Å². The predicted molar refractivity (Wildman–Crippen MR) is 116 cm³/mol. The standard InChI is InChI=1S/C23H25N3O2.ClH/c27-22-14-18(23(28)25-10-3-8-24-9-11-25)15-26(22)19-6-7-21-17(13-19)12-16-4-1-2-5-20(16)21;/h1-2,4-7,13,18,24H,3,8-12,14-15H2;1H. The SMILES string of the molecule is Cl.O=C(C1CC(=O)N(c2ccc3c(c2)Cc2ccccc2-3)C1)N1CCCNCC1. The normalized spacial score (nSPS) is 20.7. The van der Waals surface area contributed by atoms with Crippen LogP contribution in [-0.4, -0.2) is 49.4 Å². The average molecular weight is 412 g/mol. The number of amides is 2. The third-order valence-corrected chi connectivity index (χ3v) is 6.21. The highest BCUT2D eigenvalue weighted by molar-refractivity contribution is 6.00. The molecule has 2 aromatic rings. The summed E-state index contributed by atoms with van der Waals surface area (Å²) in [7, 11) is 0. The maximum absolute atomic E-state index is 12.9. The molecule has 2 aromatic carbocycles. The molecule has 3 aliphatic rings. The van der Waals surface area contributed by atoms with Crippen LogP contribution in [-0.2, 0) is 16.0 Å². The van der Waals surface area contributed by atoms with Crippen LogP contribution in [0.2, 0.25) is 0 Å². The molecule has 29 heavy (non-hydrogen) atoms. The molecule has 1 unspecified atom stereocenters.